The number of benzene rings is 1. The summed E-state index contributed by atoms with van der Waals surface area (Å²) in [7, 11) is 1.56. The number of nitrogens with one attached hydrogen (secondary N) is 1. The van der Waals surface area contributed by atoms with Crippen molar-refractivity contribution >= 4 is 0 Å². The Morgan fingerprint density at radius 2 is 2.06 bits per heavy atom. The Labute approximate surface area is 110 Å². The zero-order valence-electron chi connectivity index (χ0n) is 11.7. The highest BCUT2D eigenvalue weighted by Gasteiger charge is 2.02. The number of ether oxygens (including phenoxy) is 1. The molecule has 0 bridgehead atoms. The van der Waals surface area contributed by atoms with Crippen LogP contribution >= 0.6 is 0 Å². The summed E-state index contributed by atoms with van der Waals surface area (Å²) in [6, 6.07) is 5.52. The predicted octanol–water partition coefficient (Wildman–Crippen LogP) is 3.32. The van der Waals surface area contributed by atoms with Crippen molar-refractivity contribution < 1.29 is 9.84 Å². The van der Waals surface area contributed by atoms with Crippen LogP contribution in [-0.4, -0.2) is 18.8 Å². The van der Waals surface area contributed by atoms with E-state index in [1.54, 1.807) is 19.2 Å². The van der Waals surface area contributed by atoms with Crippen molar-refractivity contribution in [3.63, 3.8) is 0 Å². The molecule has 0 radical (unpaired) electrons. The van der Waals surface area contributed by atoms with Gasteiger partial charge in [-0.2, -0.15) is 0 Å². The van der Waals surface area contributed by atoms with Gasteiger partial charge >= 0.3 is 0 Å². The average molecular weight is 251 g/mol. The summed E-state index contributed by atoms with van der Waals surface area (Å²) in [6.45, 7) is 6.33. The van der Waals surface area contributed by atoms with Gasteiger partial charge in [-0.25, -0.2) is 0 Å². The van der Waals surface area contributed by atoms with E-state index in [0.29, 0.717) is 5.75 Å². The van der Waals surface area contributed by atoms with Gasteiger partial charge < -0.3 is 15.2 Å². The fraction of sp³-hybridized carbons (Fsp3) is 0.600. The summed E-state index contributed by atoms with van der Waals surface area (Å²) in [5.41, 5.74) is 1.08. The molecule has 1 aromatic rings. The Bertz CT molecular complexity index is 350. The molecule has 0 aliphatic heterocycles. The Morgan fingerprint density at radius 1 is 1.28 bits per heavy atom. The fourth-order valence-electron chi connectivity index (χ4n) is 1.88. The molecular weight excluding hydrogens is 226 g/mol. The number of aromatic hydroxyl groups is 1. The molecule has 0 aromatic heterocycles. The minimum atomic E-state index is 0.205. The van der Waals surface area contributed by atoms with Crippen molar-refractivity contribution in [2.75, 3.05) is 13.7 Å². The van der Waals surface area contributed by atoms with Crippen molar-refractivity contribution in [2.45, 2.75) is 39.7 Å². The number of phenolic OH excluding ortho intramolecular Hbond substituents is 1. The zero-order chi connectivity index (χ0) is 13.4. The average Bonchev–Trinajstić information content (AvgIpc) is 2.33. The largest absolute Gasteiger partial charge is 0.504 e. The maximum absolute atomic E-state index is 9.64. The summed E-state index contributed by atoms with van der Waals surface area (Å²) >= 11 is 0. The highest BCUT2D eigenvalue weighted by Crippen LogP contribution is 2.25. The molecular formula is C15H25NO2. The van der Waals surface area contributed by atoms with Gasteiger partial charge in [-0.05, 0) is 36.6 Å². The lowest BCUT2D eigenvalue weighted by Gasteiger charge is -2.08. The van der Waals surface area contributed by atoms with Gasteiger partial charge in [-0.3, -0.25) is 0 Å². The van der Waals surface area contributed by atoms with E-state index in [0.717, 1.165) is 24.6 Å². The number of methoxy groups -OCH3 is 1. The molecule has 0 fully saturated rings. The number of phenols is 1. The number of unbranched alkanes of at least 4 members (excludes halogenated alkanes) is 1. The molecule has 18 heavy (non-hydrogen) atoms. The molecule has 3 heteroatoms. The highest BCUT2D eigenvalue weighted by molar-refractivity contribution is 5.41. The van der Waals surface area contributed by atoms with Crippen molar-refractivity contribution in [3.8, 4) is 11.5 Å². The van der Waals surface area contributed by atoms with Crippen LogP contribution in [0.25, 0.3) is 0 Å². The molecule has 1 rings (SSSR count). The van der Waals surface area contributed by atoms with E-state index in [1.165, 1.54) is 19.3 Å². The molecule has 2 N–H and O–H groups in total. The van der Waals surface area contributed by atoms with E-state index in [-0.39, 0.29) is 5.75 Å². The van der Waals surface area contributed by atoms with E-state index in [2.05, 4.69) is 19.2 Å². The van der Waals surface area contributed by atoms with Gasteiger partial charge in [0.2, 0.25) is 0 Å². The molecule has 0 atom stereocenters. The molecule has 102 valence electrons. The third-order valence-electron chi connectivity index (χ3n) is 2.96. The summed E-state index contributed by atoms with van der Waals surface area (Å²) in [6.07, 6.45) is 3.78. The molecule has 0 saturated heterocycles. The zero-order valence-corrected chi connectivity index (χ0v) is 11.7. The standard InChI is InChI=1S/C15H25NO2/c1-12(2)6-4-5-9-16-11-13-7-8-15(18-3)14(17)10-13/h7-8,10,12,16-17H,4-6,9,11H2,1-3H3. The fourth-order valence-corrected chi connectivity index (χ4v) is 1.88. The Balaban J connectivity index is 2.21. The van der Waals surface area contributed by atoms with Gasteiger partial charge in [0.05, 0.1) is 7.11 Å². The predicted molar refractivity (Wildman–Crippen MR) is 75.1 cm³/mol. The lowest BCUT2D eigenvalue weighted by molar-refractivity contribution is 0.373. The summed E-state index contributed by atoms with van der Waals surface area (Å²) in [4.78, 5) is 0. The van der Waals surface area contributed by atoms with Crippen LogP contribution in [0.3, 0.4) is 0 Å². The first-order valence-electron chi connectivity index (χ1n) is 6.70. The van der Waals surface area contributed by atoms with Crippen LogP contribution in [0.4, 0.5) is 0 Å². The van der Waals surface area contributed by atoms with Crippen molar-refractivity contribution in [2.24, 2.45) is 5.92 Å². The van der Waals surface area contributed by atoms with Gasteiger partial charge in [0.25, 0.3) is 0 Å². The number of hydrogen-bond acceptors (Lipinski definition) is 3. The second-order valence-corrected chi connectivity index (χ2v) is 5.07. The smallest absolute Gasteiger partial charge is 0.160 e. The first-order valence-corrected chi connectivity index (χ1v) is 6.70. The SMILES string of the molecule is COc1ccc(CNCCCCC(C)C)cc1O. The molecule has 3 nitrogen and oxygen atoms in total. The molecule has 0 aliphatic carbocycles. The maximum Gasteiger partial charge on any atom is 0.160 e. The molecule has 0 heterocycles. The molecule has 0 spiro atoms. The van der Waals surface area contributed by atoms with Crippen LogP contribution in [0.2, 0.25) is 0 Å². The van der Waals surface area contributed by atoms with Gasteiger partial charge in [0.1, 0.15) is 0 Å². The van der Waals surface area contributed by atoms with Crippen molar-refractivity contribution in [3.05, 3.63) is 23.8 Å². The molecule has 0 unspecified atom stereocenters. The third-order valence-corrected chi connectivity index (χ3v) is 2.96. The second-order valence-electron chi connectivity index (χ2n) is 5.07. The summed E-state index contributed by atoms with van der Waals surface area (Å²) in [5.74, 6) is 1.52. The molecule has 0 amide bonds. The Morgan fingerprint density at radius 3 is 2.67 bits per heavy atom. The monoisotopic (exact) mass is 251 g/mol. The maximum atomic E-state index is 9.64. The van der Waals surface area contributed by atoms with Gasteiger partial charge in [-0.1, -0.05) is 32.8 Å². The minimum absolute atomic E-state index is 0.205. The first kappa shape index (κ1) is 14.8. The minimum Gasteiger partial charge on any atom is -0.504 e. The van der Waals surface area contributed by atoms with E-state index in [9.17, 15) is 5.11 Å². The Kier molecular flexibility index (Phi) is 6.58. The summed E-state index contributed by atoms with van der Waals surface area (Å²) < 4.78 is 5.01. The third kappa shape index (κ3) is 5.41. The van der Waals surface area contributed by atoms with E-state index in [1.807, 2.05) is 6.07 Å². The lowest BCUT2D eigenvalue weighted by atomic mass is 10.1. The normalized spacial score (nSPS) is 10.9. The first-order chi connectivity index (χ1) is 8.63. The quantitative estimate of drug-likeness (QED) is 0.696. The number of rotatable bonds is 8. The molecule has 0 saturated carbocycles. The van der Waals surface area contributed by atoms with E-state index >= 15 is 0 Å². The van der Waals surface area contributed by atoms with E-state index in [4.69, 9.17) is 4.74 Å². The lowest BCUT2D eigenvalue weighted by Crippen LogP contribution is -2.14. The van der Waals surface area contributed by atoms with Crippen molar-refractivity contribution in [1.29, 1.82) is 0 Å². The van der Waals surface area contributed by atoms with Crippen LogP contribution in [0.5, 0.6) is 11.5 Å². The highest BCUT2D eigenvalue weighted by atomic mass is 16.5. The van der Waals surface area contributed by atoms with E-state index < -0.39 is 0 Å². The van der Waals surface area contributed by atoms with Crippen LogP contribution in [0, 0.1) is 5.92 Å². The molecule has 0 aliphatic rings. The van der Waals surface area contributed by atoms with Gasteiger partial charge in [-0.15, -0.1) is 0 Å². The van der Waals surface area contributed by atoms with Gasteiger partial charge in [0.15, 0.2) is 11.5 Å². The van der Waals surface area contributed by atoms with Crippen molar-refractivity contribution in [1.82, 2.24) is 5.32 Å². The van der Waals surface area contributed by atoms with Crippen LogP contribution in [-0.2, 0) is 6.54 Å². The topological polar surface area (TPSA) is 41.5 Å². The second kappa shape index (κ2) is 7.98. The molecule has 1 aromatic carbocycles. The summed E-state index contributed by atoms with van der Waals surface area (Å²) in [5, 5.41) is 13.0. The van der Waals surface area contributed by atoms with Crippen LogP contribution < -0.4 is 10.1 Å². The van der Waals surface area contributed by atoms with Gasteiger partial charge in [0, 0.05) is 6.54 Å². The number of hydrogen-bond donors (Lipinski definition) is 2. The van der Waals surface area contributed by atoms with Crippen LogP contribution in [0.1, 0.15) is 38.7 Å². The Hall–Kier alpha value is -1.22. The van der Waals surface area contributed by atoms with Crippen LogP contribution in [0.15, 0.2) is 18.2 Å².